The highest BCUT2D eigenvalue weighted by atomic mass is 127. The Hall–Kier alpha value is -0.300. The van der Waals surface area contributed by atoms with Crippen molar-refractivity contribution < 1.29 is 9.53 Å². The number of hydrogen-bond donors (Lipinski definition) is 1. The van der Waals surface area contributed by atoms with Crippen molar-refractivity contribution >= 4 is 44.4 Å². The van der Waals surface area contributed by atoms with Crippen LogP contribution in [0, 0.1) is 3.57 Å². The smallest absolute Gasteiger partial charge is 0.249 e. The fourth-order valence-corrected chi connectivity index (χ4v) is 2.09. The Morgan fingerprint density at radius 2 is 2.23 bits per heavy atom. The summed E-state index contributed by atoms with van der Waals surface area (Å²) in [5.74, 6) is 0.268. The molecule has 0 fully saturated rings. The highest BCUT2D eigenvalue weighted by Gasteiger charge is 2.12. The first-order chi connectivity index (χ1) is 6.07. The van der Waals surface area contributed by atoms with Crippen molar-refractivity contribution in [3.8, 4) is 5.75 Å². The second kappa shape index (κ2) is 4.28. The Morgan fingerprint density at radius 1 is 1.62 bits per heavy atom. The van der Waals surface area contributed by atoms with E-state index in [2.05, 4.69) is 38.5 Å². The summed E-state index contributed by atoms with van der Waals surface area (Å²) in [5, 5.41) is 0. The molecule has 0 aromatic heterocycles. The van der Waals surface area contributed by atoms with Gasteiger partial charge < -0.3 is 10.5 Å². The van der Waals surface area contributed by atoms with Gasteiger partial charge in [0.15, 0.2) is 0 Å². The van der Waals surface area contributed by atoms with Gasteiger partial charge in [-0.15, -0.1) is 0 Å². The molecule has 0 heterocycles. The molecule has 13 heavy (non-hydrogen) atoms. The molecule has 70 valence electrons. The summed E-state index contributed by atoms with van der Waals surface area (Å²) in [6.07, 6.45) is 0. The molecular formula is C8H7BrINO2. The summed E-state index contributed by atoms with van der Waals surface area (Å²) < 4.78 is 6.60. The summed E-state index contributed by atoms with van der Waals surface area (Å²) >= 11 is 5.37. The largest absolute Gasteiger partial charge is 0.496 e. The van der Waals surface area contributed by atoms with E-state index in [-0.39, 0.29) is 0 Å². The Balaban J connectivity index is 3.31. The van der Waals surface area contributed by atoms with Gasteiger partial charge in [-0.05, 0) is 50.7 Å². The minimum atomic E-state index is -0.451. The molecule has 0 unspecified atom stereocenters. The number of primary amides is 1. The first-order valence-electron chi connectivity index (χ1n) is 3.39. The first-order valence-corrected chi connectivity index (χ1v) is 5.27. The fraction of sp³-hybridized carbons (Fsp3) is 0.125. The number of amides is 1. The van der Waals surface area contributed by atoms with E-state index in [4.69, 9.17) is 10.5 Å². The molecule has 3 nitrogen and oxygen atoms in total. The van der Waals surface area contributed by atoms with E-state index in [1.54, 1.807) is 19.2 Å². The minimum Gasteiger partial charge on any atom is -0.496 e. The van der Waals surface area contributed by atoms with Crippen LogP contribution >= 0.6 is 38.5 Å². The number of carbonyl (C=O) groups is 1. The molecule has 0 radical (unpaired) electrons. The van der Waals surface area contributed by atoms with Gasteiger partial charge in [-0.3, -0.25) is 4.79 Å². The zero-order valence-corrected chi connectivity index (χ0v) is 10.5. The number of benzene rings is 1. The average molecular weight is 356 g/mol. The summed E-state index contributed by atoms with van der Waals surface area (Å²) in [7, 11) is 1.58. The van der Waals surface area contributed by atoms with Crippen LogP contribution in [0.4, 0.5) is 0 Å². The standard InChI is InChI=1S/C8H7BrINO2/c1-13-5-3-2-4(8(11)12)6(9)7(5)10/h2-3H,1H3,(H2,11,12). The van der Waals surface area contributed by atoms with Crippen molar-refractivity contribution in [2.75, 3.05) is 7.11 Å². The molecule has 1 aromatic rings. The van der Waals surface area contributed by atoms with Gasteiger partial charge in [-0.1, -0.05) is 0 Å². The lowest BCUT2D eigenvalue weighted by molar-refractivity contribution is 0.0999. The van der Waals surface area contributed by atoms with Gasteiger partial charge in [0, 0.05) is 4.47 Å². The van der Waals surface area contributed by atoms with Gasteiger partial charge in [0.2, 0.25) is 5.91 Å². The molecule has 0 atom stereocenters. The van der Waals surface area contributed by atoms with Crippen molar-refractivity contribution in [3.63, 3.8) is 0 Å². The summed E-state index contributed by atoms with van der Waals surface area (Å²) in [6.45, 7) is 0. The molecule has 0 spiro atoms. The maximum Gasteiger partial charge on any atom is 0.249 e. The lowest BCUT2D eigenvalue weighted by atomic mass is 10.2. The average Bonchev–Trinajstić information content (AvgIpc) is 2.09. The van der Waals surface area contributed by atoms with Crippen LogP contribution in [0.15, 0.2) is 16.6 Å². The Kier molecular flexibility index (Phi) is 3.55. The molecule has 1 aromatic carbocycles. The number of methoxy groups -OCH3 is 1. The third-order valence-corrected chi connectivity index (χ3v) is 4.17. The van der Waals surface area contributed by atoms with Gasteiger partial charge in [0.25, 0.3) is 0 Å². The number of halogens is 2. The SMILES string of the molecule is COc1ccc(C(N)=O)c(Br)c1I. The van der Waals surface area contributed by atoms with Crippen LogP contribution in [0.5, 0.6) is 5.75 Å². The summed E-state index contributed by atoms with van der Waals surface area (Å²) in [4.78, 5) is 10.9. The second-order valence-corrected chi connectivity index (χ2v) is 4.18. The van der Waals surface area contributed by atoms with E-state index in [9.17, 15) is 4.79 Å². The van der Waals surface area contributed by atoms with Crippen LogP contribution in [0.1, 0.15) is 10.4 Å². The third-order valence-electron chi connectivity index (χ3n) is 1.53. The van der Waals surface area contributed by atoms with Crippen LogP contribution in [-0.4, -0.2) is 13.0 Å². The van der Waals surface area contributed by atoms with Crippen molar-refractivity contribution in [3.05, 3.63) is 25.7 Å². The van der Waals surface area contributed by atoms with E-state index in [0.717, 1.165) is 9.32 Å². The molecule has 1 rings (SSSR count). The van der Waals surface area contributed by atoms with Crippen molar-refractivity contribution in [2.24, 2.45) is 5.73 Å². The van der Waals surface area contributed by atoms with Gasteiger partial charge in [-0.2, -0.15) is 0 Å². The van der Waals surface area contributed by atoms with Crippen LogP contribution in [0.25, 0.3) is 0 Å². The number of rotatable bonds is 2. The number of nitrogens with two attached hydrogens (primary N) is 1. The quantitative estimate of drug-likeness (QED) is 0.826. The predicted octanol–water partition coefficient (Wildman–Crippen LogP) is 2.16. The Labute approximate surface area is 97.9 Å². The predicted molar refractivity (Wildman–Crippen MR) is 61.9 cm³/mol. The van der Waals surface area contributed by atoms with Gasteiger partial charge >= 0.3 is 0 Å². The molecular weight excluding hydrogens is 349 g/mol. The summed E-state index contributed by atoms with van der Waals surface area (Å²) in [5.41, 5.74) is 5.63. The van der Waals surface area contributed by atoms with E-state index in [1.165, 1.54) is 0 Å². The monoisotopic (exact) mass is 355 g/mol. The number of hydrogen-bond acceptors (Lipinski definition) is 2. The van der Waals surface area contributed by atoms with Crippen LogP contribution < -0.4 is 10.5 Å². The van der Waals surface area contributed by atoms with Crippen LogP contribution in [0.3, 0.4) is 0 Å². The van der Waals surface area contributed by atoms with E-state index in [1.807, 2.05) is 0 Å². The number of carbonyl (C=O) groups excluding carboxylic acids is 1. The maximum atomic E-state index is 10.9. The molecule has 0 aliphatic carbocycles. The second-order valence-electron chi connectivity index (χ2n) is 2.31. The van der Waals surface area contributed by atoms with Gasteiger partial charge in [0.1, 0.15) is 5.75 Å². The van der Waals surface area contributed by atoms with E-state index in [0.29, 0.717) is 10.0 Å². The van der Waals surface area contributed by atoms with Gasteiger partial charge in [-0.25, -0.2) is 0 Å². The Bertz CT molecular complexity index is 354. The molecule has 0 aliphatic rings. The Morgan fingerprint density at radius 3 is 2.69 bits per heavy atom. The third kappa shape index (κ3) is 2.14. The zero-order valence-electron chi connectivity index (χ0n) is 6.80. The van der Waals surface area contributed by atoms with Crippen molar-refractivity contribution in [2.45, 2.75) is 0 Å². The molecule has 5 heteroatoms. The van der Waals surface area contributed by atoms with E-state index >= 15 is 0 Å². The minimum absolute atomic E-state index is 0.451. The molecule has 0 aliphatic heterocycles. The highest BCUT2D eigenvalue weighted by molar-refractivity contribution is 14.1. The number of ether oxygens (including phenoxy) is 1. The van der Waals surface area contributed by atoms with Gasteiger partial charge in [0.05, 0.1) is 16.2 Å². The van der Waals surface area contributed by atoms with Crippen LogP contribution in [0.2, 0.25) is 0 Å². The molecule has 2 N–H and O–H groups in total. The fourth-order valence-electron chi connectivity index (χ4n) is 0.880. The molecule has 0 bridgehead atoms. The molecule has 0 saturated carbocycles. The zero-order chi connectivity index (χ0) is 10.0. The molecule has 0 saturated heterocycles. The molecule has 1 amide bonds. The highest BCUT2D eigenvalue weighted by Crippen LogP contribution is 2.31. The lowest BCUT2D eigenvalue weighted by Gasteiger charge is -2.07. The first kappa shape index (κ1) is 10.8. The van der Waals surface area contributed by atoms with E-state index < -0.39 is 5.91 Å². The van der Waals surface area contributed by atoms with Crippen molar-refractivity contribution in [1.29, 1.82) is 0 Å². The normalized spacial score (nSPS) is 9.77. The van der Waals surface area contributed by atoms with Crippen molar-refractivity contribution in [1.82, 2.24) is 0 Å². The maximum absolute atomic E-state index is 10.9. The van der Waals surface area contributed by atoms with Crippen LogP contribution in [-0.2, 0) is 0 Å². The lowest BCUT2D eigenvalue weighted by Crippen LogP contribution is -2.12. The topological polar surface area (TPSA) is 52.3 Å². The summed E-state index contributed by atoms with van der Waals surface area (Å²) in [6, 6.07) is 3.35.